The van der Waals surface area contributed by atoms with Gasteiger partial charge in [0.1, 0.15) is 0 Å². The van der Waals surface area contributed by atoms with E-state index in [1.807, 2.05) is 0 Å². The number of hydrogen-bond donors (Lipinski definition) is 1. The molecular formula is C15H12N2O3. The van der Waals surface area contributed by atoms with Crippen molar-refractivity contribution in [1.82, 2.24) is 9.97 Å². The number of esters is 1. The van der Waals surface area contributed by atoms with Gasteiger partial charge in [0, 0.05) is 11.6 Å². The lowest BCUT2D eigenvalue weighted by Crippen LogP contribution is -2.08. The summed E-state index contributed by atoms with van der Waals surface area (Å²) in [5.41, 5.74) is 1.48. The minimum Gasteiger partial charge on any atom is -0.462 e. The molecule has 0 spiro atoms. The standard InChI is InChI=1S/C15H12N2O3/c1-2-20-15(19)9-5-6-12-11(8-9)13-10(14(18)17-12)4-3-7-16-13/h3-8H,2H2,1H3,(H,17,18). The van der Waals surface area contributed by atoms with Gasteiger partial charge < -0.3 is 9.72 Å². The lowest BCUT2D eigenvalue weighted by atomic mass is 10.1. The molecule has 0 amide bonds. The predicted octanol–water partition coefficient (Wildman–Crippen LogP) is 2.25. The fourth-order valence-electron chi connectivity index (χ4n) is 2.18. The molecule has 20 heavy (non-hydrogen) atoms. The molecule has 5 heteroatoms. The number of pyridine rings is 2. The van der Waals surface area contributed by atoms with Gasteiger partial charge in [-0.3, -0.25) is 9.78 Å². The molecule has 0 atom stereocenters. The monoisotopic (exact) mass is 268 g/mol. The molecule has 3 aromatic rings. The summed E-state index contributed by atoms with van der Waals surface area (Å²) < 4.78 is 4.98. The molecule has 2 heterocycles. The number of nitrogens with zero attached hydrogens (tertiary/aromatic N) is 1. The molecule has 0 aliphatic rings. The summed E-state index contributed by atoms with van der Waals surface area (Å²) in [6, 6.07) is 8.43. The van der Waals surface area contributed by atoms with Crippen LogP contribution in [0.15, 0.2) is 41.3 Å². The van der Waals surface area contributed by atoms with Crippen molar-refractivity contribution in [1.29, 1.82) is 0 Å². The molecule has 0 aliphatic carbocycles. The number of H-pyrrole nitrogens is 1. The topological polar surface area (TPSA) is 72.1 Å². The van der Waals surface area contributed by atoms with Crippen molar-refractivity contribution < 1.29 is 9.53 Å². The van der Waals surface area contributed by atoms with Gasteiger partial charge in [-0.15, -0.1) is 0 Å². The van der Waals surface area contributed by atoms with E-state index in [0.29, 0.717) is 28.6 Å². The molecule has 1 N–H and O–H groups in total. The second-order valence-electron chi connectivity index (χ2n) is 4.33. The summed E-state index contributed by atoms with van der Waals surface area (Å²) in [5.74, 6) is -0.385. The summed E-state index contributed by atoms with van der Waals surface area (Å²) >= 11 is 0. The molecule has 0 radical (unpaired) electrons. The predicted molar refractivity (Wildman–Crippen MR) is 75.8 cm³/mol. The average Bonchev–Trinajstić information content (AvgIpc) is 2.47. The van der Waals surface area contributed by atoms with E-state index in [4.69, 9.17) is 4.74 Å². The first-order valence-corrected chi connectivity index (χ1v) is 6.28. The van der Waals surface area contributed by atoms with Gasteiger partial charge in [-0.25, -0.2) is 4.79 Å². The maximum Gasteiger partial charge on any atom is 0.338 e. The second-order valence-corrected chi connectivity index (χ2v) is 4.33. The molecule has 0 bridgehead atoms. The molecule has 0 saturated heterocycles. The maximum absolute atomic E-state index is 11.9. The number of fused-ring (bicyclic) bond motifs is 3. The van der Waals surface area contributed by atoms with Gasteiger partial charge in [0.25, 0.3) is 5.56 Å². The molecule has 0 fully saturated rings. The van der Waals surface area contributed by atoms with Crippen molar-refractivity contribution in [3.63, 3.8) is 0 Å². The third kappa shape index (κ3) is 1.93. The van der Waals surface area contributed by atoms with E-state index < -0.39 is 0 Å². The Labute approximate surface area is 114 Å². The lowest BCUT2D eigenvalue weighted by molar-refractivity contribution is 0.0526. The normalized spacial score (nSPS) is 10.8. The Morgan fingerprint density at radius 1 is 1.30 bits per heavy atom. The van der Waals surface area contributed by atoms with Crippen LogP contribution in [0.3, 0.4) is 0 Å². The third-order valence-corrected chi connectivity index (χ3v) is 3.09. The van der Waals surface area contributed by atoms with Crippen LogP contribution in [0.1, 0.15) is 17.3 Å². The summed E-state index contributed by atoms with van der Waals surface area (Å²) in [6.45, 7) is 2.08. The number of ether oxygens (including phenoxy) is 1. The SMILES string of the molecule is CCOC(=O)c1ccc2[nH]c(=O)c3cccnc3c2c1. The molecule has 0 saturated carbocycles. The van der Waals surface area contributed by atoms with Gasteiger partial charge in [0.2, 0.25) is 0 Å². The van der Waals surface area contributed by atoms with Crippen LogP contribution >= 0.6 is 0 Å². The van der Waals surface area contributed by atoms with Crippen LogP contribution in [-0.4, -0.2) is 22.5 Å². The Hall–Kier alpha value is -2.69. The van der Waals surface area contributed by atoms with E-state index in [1.165, 1.54) is 0 Å². The zero-order chi connectivity index (χ0) is 14.1. The molecule has 5 nitrogen and oxygen atoms in total. The minimum atomic E-state index is -0.385. The minimum absolute atomic E-state index is 0.190. The summed E-state index contributed by atoms with van der Waals surface area (Å²) in [7, 11) is 0. The van der Waals surface area contributed by atoms with Crippen LogP contribution in [0.25, 0.3) is 21.8 Å². The van der Waals surface area contributed by atoms with Crippen molar-refractivity contribution in [2.75, 3.05) is 6.61 Å². The van der Waals surface area contributed by atoms with Crippen LogP contribution in [0.2, 0.25) is 0 Å². The zero-order valence-corrected chi connectivity index (χ0v) is 10.8. The van der Waals surface area contributed by atoms with Gasteiger partial charge in [0.15, 0.2) is 0 Å². The number of carbonyl (C=O) groups is 1. The number of aromatic nitrogens is 2. The van der Waals surface area contributed by atoms with Gasteiger partial charge in [-0.2, -0.15) is 0 Å². The quantitative estimate of drug-likeness (QED) is 0.571. The van der Waals surface area contributed by atoms with Crippen molar-refractivity contribution in [2.45, 2.75) is 6.92 Å². The third-order valence-electron chi connectivity index (χ3n) is 3.09. The molecule has 0 aliphatic heterocycles. The smallest absolute Gasteiger partial charge is 0.338 e. The number of carbonyl (C=O) groups excluding carboxylic acids is 1. The van der Waals surface area contributed by atoms with Crippen LogP contribution in [0, 0.1) is 0 Å². The first kappa shape index (κ1) is 12.3. The Balaban J connectivity index is 2.33. The molecule has 1 aromatic carbocycles. The highest BCUT2D eigenvalue weighted by Crippen LogP contribution is 2.20. The zero-order valence-electron chi connectivity index (χ0n) is 10.8. The maximum atomic E-state index is 11.9. The second kappa shape index (κ2) is 4.77. The average molecular weight is 268 g/mol. The highest BCUT2D eigenvalue weighted by Gasteiger charge is 2.10. The molecule has 3 rings (SSSR count). The Kier molecular flexibility index (Phi) is 2.95. The van der Waals surface area contributed by atoms with Crippen molar-refractivity contribution >= 4 is 27.8 Å². The summed E-state index contributed by atoms with van der Waals surface area (Å²) in [6.07, 6.45) is 1.62. The van der Waals surface area contributed by atoms with Crippen LogP contribution in [0.5, 0.6) is 0 Å². The van der Waals surface area contributed by atoms with Crippen LogP contribution in [0.4, 0.5) is 0 Å². The highest BCUT2D eigenvalue weighted by atomic mass is 16.5. The fraction of sp³-hybridized carbons (Fsp3) is 0.133. The number of aromatic amines is 1. The van der Waals surface area contributed by atoms with E-state index in [9.17, 15) is 9.59 Å². The fourth-order valence-corrected chi connectivity index (χ4v) is 2.18. The van der Waals surface area contributed by atoms with Gasteiger partial charge in [0.05, 0.1) is 28.6 Å². The van der Waals surface area contributed by atoms with Gasteiger partial charge >= 0.3 is 5.97 Å². The van der Waals surface area contributed by atoms with E-state index in [-0.39, 0.29) is 11.5 Å². The largest absolute Gasteiger partial charge is 0.462 e. The van der Waals surface area contributed by atoms with Crippen molar-refractivity contribution in [2.24, 2.45) is 0 Å². The summed E-state index contributed by atoms with van der Waals surface area (Å²) in [5, 5.41) is 1.23. The summed E-state index contributed by atoms with van der Waals surface area (Å²) in [4.78, 5) is 30.7. The van der Waals surface area contributed by atoms with Crippen molar-refractivity contribution in [3.05, 3.63) is 52.4 Å². The van der Waals surface area contributed by atoms with Gasteiger partial charge in [-0.1, -0.05) is 0 Å². The Morgan fingerprint density at radius 2 is 2.15 bits per heavy atom. The Morgan fingerprint density at radius 3 is 2.95 bits per heavy atom. The van der Waals surface area contributed by atoms with E-state index in [0.717, 1.165) is 5.39 Å². The first-order valence-electron chi connectivity index (χ1n) is 6.28. The number of rotatable bonds is 2. The number of benzene rings is 1. The lowest BCUT2D eigenvalue weighted by Gasteiger charge is -2.05. The van der Waals surface area contributed by atoms with E-state index in [1.54, 1.807) is 43.5 Å². The molecule has 0 unspecified atom stereocenters. The van der Waals surface area contributed by atoms with E-state index >= 15 is 0 Å². The highest BCUT2D eigenvalue weighted by molar-refractivity contribution is 6.05. The van der Waals surface area contributed by atoms with E-state index in [2.05, 4.69) is 9.97 Å². The molecule has 2 aromatic heterocycles. The van der Waals surface area contributed by atoms with Crippen LogP contribution < -0.4 is 5.56 Å². The number of hydrogen-bond acceptors (Lipinski definition) is 4. The van der Waals surface area contributed by atoms with Crippen LogP contribution in [-0.2, 0) is 4.74 Å². The molecular weight excluding hydrogens is 256 g/mol. The van der Waals surface area contributed by atoms with Gasteiger partial charge in [-0.05, 0) is 37.3 Å². The first-order chi connectivity index (χ1) is 9.70. The van der Waals surface area contributed by atoms with Crippen molar-refractivity contribution in [3.8, 4) is 0 Å². The molecule has 100 valence electrons. The Bertz CT molecular complexity index is 868. The number of nitrogens with one attached hydrogen (secondary N) is 1.